The minimum absolute atomic E-state index is 0.0218. The monoisotopic (exact) mass is 730 g/mol. The highest BCUT2D eigenvalue weighted by atomic mass is 16.5. The van der Waals surface area contributed by atoms with Crippen molar-refractivity contribution in [1.29, 1.82) is 0 Å². The second-order valence-corrected chi connectivity index (χ2v) is 15.4. The Bertz CT molecular complexity index is 1310. The molecule has 1 aliphatic heterocycles. The summed E-state index contributed by atoms with van der Waals surface area (Å²) in [4.78, 5) is 73.4. The van der Waals surface area contributed by atoms with E-state index < -0.39 is 42.3 Å². The quantitative estimate of drug-likeness (QED) is 0.192. The average molecular weight is 730 g/mol. The molecule has 1 heterocycles. The molecule has 52 heavy (non-hydrogen) atoms. The molecule has 1 saturated heterocycles. The molecule has 1 aromatic carbocycles. The molecule has 1 unspecified atom stereocenters. The van der Waals surface area contributed by atoms with E-state index in [0.717, 1.165) is 12.8 Å². The Labute approximate surface area is 312 Å². The van der Waals surface area contributed by atoms with Crippen molar-refractivity contribution in [2.24, 2.45) is 23.7 Å². The Morgan fingerprint density at radius 3 is 1.98 bits per heavy atom. The molecule has 0 bridgehead atoms. The molecule has 12 heteroatoms. The summed E-state index contributed by atoms with van der Waals surface area (Å²) in [5.74, 6) is -1.89. The molecule has 4 amide bonds. The van der Waals surface area contributed by atoms with Crippen LogP contribution in [0.2, 0.25) is 0 Å². The third kappa shape index (κ3) is 11.3. The first-order valence-corrected chi connectivity index (χ1v) is 18.9. The van der Waals surface area contributed by atoms with Crippen molar-refractivity contribution in [3.8, 4) is 0 Å². The zero-order valence-corrected chi connectivity index (χ0v) is 34.0. The van der Waals surface area contributed by atoms with E-state index in [1.54, 1.807) is 62.1 Å². The lowest BCUT2D eigenvalue weighted by Crippen LogP contribution is -2.59. The van der Waals surface area contributed by atoms with E-state index in [2.05, 4.69) is 10.6 Å². The third-order valence-electron chi connectivity index (χ3n) is 10.8. The van der Waals surface area contributed by atoms with Crippen LogP contribution in [0.3, 0.4) is 0 Å². The molecule has 0 spiro atoms. The molecule has 2 N–H and O–H groups in total. The number of likely N-dealkylation sites (N-methyl/N-ethyl adjacent to an activating group) is 2. The third-order valence-corrected chi connectivity index (χ3v) is 10.8. The number of ketones is 1. The minimum atomic E-state index is -0.762. The van der Waals surface area contributed by atoms with Crippen LogP contribution >= 0.6 is 0 Å². The molecule has 9 atom stereocenters. The fraction of sp³-hybridized carbons (Fsp3) is 0.725. The van der Waals surface area contributed by atoms with Crippen molar-refractivity contribution in [3.05, 3.63) is 35.9 Å². The first kappa shape index (κ1) is 44.8. The summed E-state index contributed by atoms with van der Waals surface area (Å²) < 4.78 is 11.9. The summed E-state index contributed by atoms with van der Waals surface area (Å²) in [5, 5.41) is 5.88. The van der Waals surface area contributed by atoms with Crippen LogP contribution in [0, 0.1) is 23.7 Å². The second kappa shape index (κ2) is 20.8. The molecule has 0 radical (unpaired) electrons. The number of rotatable bonds is 20. The molecule has 1 aliphatic rings. The number of nitrogens with one attached hydrogen (secondary N) is 2. The summed E-state index contributed by atoms with van der Waals surface area (Å²) in [6.07, 6.45) is 0.935. The lowest BCUT2D eigenvalue weighted by atomic mass is 9.89. The number of ether oxygens (including phenoxy) is 2. The summed E-state index contributed by atoms with van der Waals surface area (Å²) in [6.45, 7) is 15.8. The van der Waals surface area contributed by atoms with Crippen LogP contribution in [0.4, 0.5) is 0 Å². The van der Waals surface area contributed by atoms with Gasteiger partial charge in [0.1, 0.15) is 6.04 Å². The summed E-state index contributed by atoms with van der Waals surface area (Å²) in [5.41, 5.74) is 0.517. The standard InChI is InChI=1S/C40H67N5O7/c1-14-26(6)35(44(11)40(50)33(24(2)3)42-39(49)34(25(4)5)43(9)10)31(51-12)23-32(46)45-22-18-21-30(45)37(52-13)27(7)38(48)41-28(8)36(47)29-19-16-15-17-20-29/h15-17,19-20,24-28,30-31,33-35,37H,14,18,21-23H2,1-13H3,(H,41,48)(H,42,49)/t26-,27+,28+,30-,31?,33-,34-,35-,37+/m0/s1. The number of carbonyl (C=O) groups excluding carboxylic acids is 5. The number of hydrogen-bond acceptors (Lipinski definition) is 8. The number of likely N-dealkylation sites (tertiary alicyclic amines) is 1. The predicted octanol–water partition coefficient (Wildman–Crippen LogP) is 4.02. The Kier molecular flexibility index (Phi) is 17.9. The number of methoxy groups -OCH3 is 2. The van der Waals surface area contributed by atoms with Gasteiger partial charge in [-0.3, -0.25) is 28.9 Å². The van der Waals surface area contributed by atoms with Crippen LogP contribution in [0.15, 0.2) is 30.3 Å². The van der Waals surface area contributed by atoms with E-state index in [-0.39, 0.29) is 59.6 Å². The number of amides is 4. The second-order valence-electron chi connectivity index (χ2n) is 15.4. The fourth-order valence-corrected chi connectivity index (χ4v) is 7.67. The van der Waals surface area contributed by atoms with E-state index in [1.807, 2.05) is 66.6 Å². The fourth-order valence-electron chi connectivity index (χ4n) is 7.67. The molecule has 1 aromatic rings. The van der Waals surface area contributed by atoms with Gasteiger partial charge in [-0.1, -0.05) is 85.2 Å². The Morgan fingerprint density at radius 2 is 1.48 bits per heavy atom. The van der Waals surface area contributed by atoms with Crippen LogP contribution < -0.4 is 10.6 Å². The number of carbonyl (C=O) groups is 5. The van der Waals surface area contributed by atoms with E-state index in [1.165, 1.54) is 7.11 Å². The molecule has 0 saturated carbocycles. The lowest BCUT2D eigenvalue weighted by molar-refractivity contribution is -0.148. The molecular formula is C40H67N5O7. The van der Waals surface area contributed by atoms with Crippen LogP contribution in [-0.4, -0.2) is 128 Å². The minimum Gasteiger partial charge on any atom is -0.379 e. The van der Waals surface area contributed by atoms with Crippen molar-refractivity contribution < 1.29 is 33.4 Å². The Hall–Kier alpha value is -3.35. The largest absolute Gasteiger partial charge is 0.379 e. The van der Waals surface area contributed by atoms with Gasteiger partial charge in [-0.25, -0.2) is 0 Å². The molecular weight excluding hydrogens is 662 g/mol. The summed E-state index contributed by atoms with van der Waals surface area (Å²) in [7, 11) is 8.53. The maximum absolute atomic E-state index is 14.2. The van der Waals surface area contributed by atoms with Gasteiger partial charge in [-0.2, -0.15) is 0 Å². The lowest BCUT2D eigenvalue weighted by Gasteiger charge is -2.41. The van der Waals surface area contributed by atoms with Gasteiger partial charge < -0.3 is 29.9 Å². The molecule has 0 aromatic heterocycles. The van der Waals surface area contributed by atoms with Crippen molar-refractivity contribution in [3.63, 3.8) is 0 Å². The van der Waals surface area contributed by atoms with Crippen LogP contribution in [-0.2, 0) is 28.7 Å². The highest BCUT2D eigenvalue weighted by Crippen LogP contribution is 2.30. The number of benzene rings is 1. The van der Waals surface area contributed by atoms with Gasteiger partial charge in [0.05, 0.1) is 48.7 Å². The van der Waals surface area contributed by atoms with E-state index in [0.29, 0.717) is 18.5 Å². The summed E-state index contributed by atoms with van der Waals surface area (Å²) in [6, 6.07) is 6.13. The normalized spacial score (nSPS) is 19.4. The van der Waals surface area contributed by atoms with E-state index in [4.69, 9.17) is 9.47 Å². The Balaban J connectivity index is 2.26. The van der Waals surface area contributed by atoms with E-state index in [9.17, 15) is 24.0 Å². The maximum Gasteiger partial charge on any atom is 0.245 e. The maximum atomic E-state index is 14.2. The highest BCUT2D eigenvalue weighted by Gasteiger charge is 2.43. The molecule has 1 fully saturated rings. The number of Topliss-reactive ketones (excluding diaryl/α,β-unsaturated/α-hetero) is 1. The topological polar surface area (TPSA) is 138 Å². The van der Waals surface area contributed by atoms with Crippen molar-refractivity contribution in [2.45, 2.75) is 123 Å². The van der Waals surface area contributed by atoms with Crippen LogP contribution in [0.25, 0.3) is 0 Å². The molecule has 12 nitrogen and oxygen atoms in total. The number of hydrogen-bond donors (Lipinski definition) is 2. The van der Waals surface area contributed by atoms with Gasteiger partial charge in [0.15, 0.2) is 5.78 Å². The smallest absolute Gasteiger partial charge is 0.245 e. The number of nitrogens with zero attached hydrogens (tertiary/aromatic N) is 3. The van der Waals surface area contributed by atoms with Crippen molar-refractivity contribution in [1.82, 2.24) is 25.3 Å². The first-order valence-electron chi connectivity index (χ1n) is 18.9. The molecule has 294 valence electrons. The zero-order chi connectivity index (χ0) is 39.4. The molecule has 2 rings (SSSR count). The van der Waals surface area contributed by atoms with Gasteiger partial charge in [0.25, 0.3) is 0 Å². The van der Waals surface area contributed by atoms with Gasteiger partial charge in [-0.05, 0) is 51.6 Å². The van der Waals surface area contributed by atoms with Gasteiger partial charge in [-0.15, -0.1) is 0 Å². The van der Waals surface area contributed by atoms with Crippen LogP contribution in [0.5, 0.6) is 0 Å². The van der Waals surface area contributed by atoms with Crippen LogP contribution in [0.1, 0.15) is 91.4 Å². The van der Waals surface area contributed by atoms with Gasteiger partial charge in [0, 0.05) is 33.4 Å². The predicted molar refractivity (Wildman–Crippen MR) is 204 cm³/mol. The molecule has 0 aliphatic carbocycles. The van der Waals surface area contributed by atoms with Gasteiger partial charge in [0.2, 0.25) is 23.6 Å². The Morgan fingerprint density at radius 1 is 0.865 bits per heavy atom. The highest BCUT2D eigenvalue weighted by molar-refractivity contribution is 6.01. The zero-order valence-electron chi connectivity index (χ0n) is 34.0. The summed E-state index contributed by atoms with van der Waals surface area (Å²) >= 11 is 0. The van der Waals surface area contributed by atoms with Crippen molar-refractivity contribution >= 4 is 29.4 Å². The van der Waals surface area contributed by atoms with Gasteiger partial charge >= 0.3 is 0 Å². The first-order chi connectivity index (χ1) is 24.4. The average Bonchev–Trinajstić information content (AvgIpc) is 3.59. The SMILES string of the molecule is CC[C@H](C)[C@@H](C(CC(=O)N1CCC[C@H]1[C@H](OC)[C@@H](C)C(=O)N[C@H](C)C(=O)c1ccccc1)OC)N(C)C(=O)[C@@H](NC(=O)[C@H](C(C)C)N(C)C)C(C)C. The van der Waals surface area contributed by atoms with E-state index >= 15 is 0 Å². The van der Waals surface area contributed by atoms with Crippen molar-refractivity contribution in [2.75, 3.05) is 41.9 Å².